The van der Waals surface area contributed by atoms with Gasteiger partial charge in [0.15, 0.2) is 0 Å². The van der Waals surface area contributed by atoms with Gasteiger partial charge in [0.2, 0.25) is 23.6 Å². The summed E-state index contributed by atoms with van der Waals surface area (Å²) in [7, 11) is 0. The fourth-order valence-corrected chi connectivity index (χ4v) is 6.80. The first-order valence-corrected chi connectivity index (χ1v) is 16.3. The molecule has 10 nitrogen and oxygen atoms in total. The molecule has 12 heteroatoms. The number of hydrogen-bond donors (Lipinski definition) is 2. The molecule has 230 valence electrons. The summed E-state index contributed by atoms with van der Waals surface area (Å²) in [4.78, 5) is 76.2. The minimum Gasteiger partial charge on any atom is -0.322 e. The largest absolute Gasteiger partial charge is 0.322 e. The molecule has 42 heavy (non-hydrogen) atoms. The zero-order chi connectivity index (χ0) is 31.7. The van der Waals surface area contributed by atoms with E-state index < -0.39 is 12.1 Å². The van der Waals surface area contributed by atoms with E-state index in [1.807, 2.05) is 66.8 Å². The molecule has 2 saturated heterocycles. The quantitative estimate of drug-likeness (QED) is 0.469. The van der Waals surface area contributed by atoms with Crippen LogP contribution in [0.2, 0.25) is 0 Å². The molecule has 2 aromatic heterocycles. The number of hydrogen-bond acceptors (Lipinski definition) is 8. The topological polar surface area (TPSA) is 133 Å². The van der Waals surface area contributed by atoms with Crippen LogP contribution in [0.25, 0.3) is 0 Å². The van der Waals surface area contributed by atoms with Crippen LogP contribution < -0.4 is 10.6 Å². The zero-order valence-electron chi connectivity index (χ0n) is 25.7. The van der Waals surface area contributed by atoms with Gasteiger partial charge in [-0.15, -0.1) is 22.7 Å². The molecule has 6 rings (SSSR count). The van der Waals surface area contributed by atoms with Crippen molar-refractivity contribution in [2.45, 2.75) is 106 Å². The summed E-state index contributed by atoms with van der Waals surface area (Å²) in [5.41, 5.74) is 2.73. The van der Waals surface area contributed by atoms with Crippen molar-refractivity contribution in [3.05, 3.63) is 42.8 Å². The van der Waals surface area contributed by atoms with E-state index >= 15 is 0 Å². The van der Waals surface area contributed by atoms with Crippen molar-refractivity contribution in [2.75, 3.05) is 0 Å². The van der Waals surface area contributed by atoms with Crippen LogP contribution in [0.1, 0.15) is 108 Å². The second-order valence-electron chi connectivity index (χ2n) is 9.20. The van der Waals surface area contributed by atoms with Crippen LogP contribution in [0.3, 0.4) is 0 Å². The molecule has 2 N–H and O–H groups in total. The summed E-state index contributed by atoms with van der Waals surface area (Å²) in [6.45, 7) is 16.9. The van der Waals surface area contributed by atoms with Crippen molar-refractivity contribution in [1.82, 2.24) is 20.4 Å². The molecule has 0 aromatic carbocycles. The minimum absolute atomic E-state index is 0.0856. The second-order valence-corrected chi connectivity index (χ2v) is 11.5. The van der Waals surface area contributed by atoms with E-state index in [2.05, 4.69) is 10.6 Å². The van der Waals surface area contributed by atoms with Gasteiger partial charge in [-0.3, -0.25) is 39.4 Å². The lowest BCUT2D eigenvalue weighted by molar-refractivity contribution is -0.138. The van der Waals surface area contributed by atoms with Crippen molar-refractivity contribution in [2.24, 2.45) is 0 Å². The first-order chi connectivity index (χ1) is 20.1. The highest BCUT2D eigenvalue weighted by Gasteiger charge is 2.41. The molecule has 2 fully saturated rings. The standard InChI is InChI=1S/2C12H12N2O3S.3C2H6/c1-6-7-4-14(12(17)8(7)5-18-6)9-2-3-10(15)13-11(9)16;1-6-4-7-5-14(12(17)10(7)18-6)8-2-3-9(15)13-11(8)16;3*1-2/h5,9H,2-4H2,1H3,(H,13,15,16);4,8H,2-3,5H2,1H3,(H,13,15,16);3*1-2H3. The highest BCUT2D eigenvalue weighted by atomic mass is 32.1. The van der Waals surface area contributed by atoms with E-state index in [1.54, 1.807) is 21.1 Å². The van der Waals surface area contributed by atoms with Gasteiger partial charge in [0.25, 0.3) is 11.8 Å². The summed E-state index contributed by atoms with van der Waals surface area (Å²) in [6, 6.07) is 0.978. The molecule has 2 unspecified atom stereocenters. The summed E-state index contributed by atoms with van der Waals surface area (Å²) in [6.07, 6.45) is 1.44. The number of rotatable bonds is 2. The fourth-order valence-electron chi connectivity index (χ4n) is 4.97. The lowest BCUT2D eigenvalue weighted by atomic mass is 10.0. The SMILES string of the molecule is CC.CC.CC.Cc1cc2c(s1)C(=O)N(C1CCC(=O)NC1=O)C2.Cc1scc2c1CN(C1CCC(=O)NC1=O)C2=O. The van der Waals surface area contributed by atoms with Crippen LogP contribution in [0.4, 0.5) is 0 Å². The number of fused-ring (bicyclic) bond motifs is 2. The Bertz CT molecular complexity index is 1330. The molecule has 0 bridgehead atoms. The Morgan fingerprint density at radius 2 is 1.24 bits per heavy atom. The Morgan fingerprint density at radius 1 is 0.738 bits per heavy atom. The van der Waals surface area contributed by atoms with Crippen molar-refractivity contribution < 1.29 is 28.8 Å². The molecular formula is C30H42N4O6S2. The van der Waals surface area contributed by atoms with Crippen LogP contribution in [-0.4, -0.2) is 57.3 Å². The number of carbonyl (C=O) groups excluding carboxylic acids is 6. The minimum atomic E-state index is -0.507. The molecule has 2 atom stereocenters. The van der Waals surface area contributed by atoms with Gasteiger partial charge in [0.05, 0.1) is 10.4 Å². The highest BCUT2D eigenvalue weighted by Crippen LogP contribution is 2.34. The molecule has 6 heterocycles. The van der Waals surface area contributed by atoms with Gasteiger partial charge >= 0.3 is 0 Å². The van der Waals surface area contributed by atoms with Gasteiger partial charge in [0, 0.05) is 41.1 Å². The maximum atomic E-state index is 12.2. The third kappa shape index (κ3) is 7.33. The summed E-state index contributed by atoms with van der Waals surface area (Å²) in [5.74, 6) is -1.40. The smallest absolute Gasteiger partial charge is 0.265 e. The molecule has 0 saturated carbocycles. The third-order valence-corrected chi connectivity index (χ3v) is 8.86. The Labute approximate surface area is 255 Å². The van der Waals surface area contributed by atoms with Crippen LogP contribution in [-0.2, 0) is 32.3 Å². The first kappa shape index (κ1) is 34.8. The molecule has 0 spiro atoms. The Hall–Kier alpha value is -3.38. The van der Waals surface area contributed by atoms with E-state index in [4.69, 9.17) is 0 Å². The molecule has 2 aromatic rings. The van der Waals surface area contributed by atoms with Crippen LogP contribution >= 0.6 is 22.7 Å². The lowest BCUT2D eigenvalue weighted by Gasteiger charge is -2.29. The van der Waals surface area contributed by atoms with Crippen molar-refractivity contribution >= 4 is 58.1 Å². The Kier molecular flexibility index (Phi) is 13.0. The van der Waals surface area contributed by atoms with Crippen LogP contribution in [0.15, 0.2) is 11.4 Å². The number of aryl methyl sites for hydroxylation is 2. The zero-order valence-corrected chi connectivity index (χ0v) is 27.3. The Balaban J connectivity index is 0.000000250. The van der Waals surface area contributed by atoms with E-state index in [0.29, 0.717) is 44.3 Å². The second kappa shape index (κ2) is 15.7. The van der Waals surface area contributed by atoms with E-state index in [-0.39, 0.29) is 35.4 Å². The number of imide groups is 2. The highest BCUT2D eigenvalue weighted by molar-refractivity contribution is 7.14. The van der Waals surface area contributed by atoms with E-state index in [9.17, 15) is 28.8 Å². The van der Waals surface area contributed by atoms with Crippen LogP contribution in [0, 0.1) is 13.8 Å². The maximum Gasteiger partial charge on any atom is 0.265 e. The predicted molar refractivity (Wildman–Crippen MR) is 164 cm³/mol. The summed E-state index contributed by atoms with van der Waals surface area (Å²) in [5, 5.41) is 6.43. The summed E-state index contributed by atoms with van der Waals surface area (Å²) >= 11 is 3.02. The first-order valence-electron chi connectivity index (χ1n) is 14.6. The van der Waals surface area contributed by atoms with Gasteiger partial charge in [-0.05, 0) is 43.9 Å². The predicted octanol–water partition coefficient (Wildman–Crippen LogP) is 4.71. The average Bonchev–Trinajstić information content (AvgIpc) is 3.71. The number of piperidine rings is 2. The third-order valence-electron chi connectivity index (χ3n) is 6.82. The van der Waals surface area contributed by atoms with Crippen molar-refractivity contribution in [1.29, 1.82) is 0 Å². The number of nitrogens with one attached hydrogen (secondary N) is 2. The van der Waals surface area contributed by atoms with Crippen LogP contribution in [0.5, 0.6) is 0 Å². The molecule has 4 aliphatic heterocycles. The van der Waals surface area contributed by atoms with E-state index in [0.717, 1.165) is 25.8 Å². The van der Waals surface area contributed by atoms with Gasteiger partial charge in [-0.2, -0.15) is 0 Å². The van der Waals surface area contributed by atoms with Crippen molar-refractivity contribution in [3.63, 3.8) is 0 Å². The number of amides is 6. The van der Waals surface area contributed by atoms with Gasteiger partial charge < -0.3 is 9.80 Å². The van der Waals surface area contributed by atoms with Crippen molar-refractivity contribution in [3.8, 4) is 0 Å². The molecule has 0 radical (unpaired) electrons. The molecule has 0 aliphatic carbocycles. The molecule has 6 amide bonds. The normalized spacial score (nSPS) is 20.4. The summed E-state index contributed by atoms with van der Waals surface area (Å²) < 4.78 is 0. The average molecular weight is 619 g/mol. The van der Waals surface area contributed by atoms with Gasteiger partial charge in [-0.1, -0.05) is 41.5 Å². The van der Waals surface area contributed by atoms with Gasteiger partial charge in [-0.25, -0.2) is 0 Å². The van der Waals surface area contributed by atoms with E-state index in [1.165, 1.54) is 11.3 Å². The lowest BCUT2D eigenvalue weighted by Crippen LogP contribution is -2.52. The number of nitrogens with zero attached hydrogens (tertiary/aromatic N) is 2. The monoisotopic (exact) mass is 618 g/mol. The van der Waals surface area contributed by atoms with Gasteiger partial charge in [0.1, 0.15) is 12.1 Å². The molecular weight excluding hydrogens is 576 g/mol. The fraction of sp³-hybridized carbons (Fsp3) is 0.533. The maximum absolute atomic E-state index is 12.2. The molecule has 4 aliphatic rings. The Morgan fingerprint density at radius 3 is 1.69 bits per heavy atom. The number of carbonyl (C=O) groups is 6. The number of thiophene rings is 2.